The lowest BCUT2D eigenvalue weighted by Crippen LogP contribution is -2.57. The Bertz CT molecular complexity index is 816. The monoisotopic (exact) mass is 503 g/mol. The number of aliphatic carboxylic acids is 3. The third-order valence-corrected chi connectivity index (χ3v) is 4.65. The van der Waals surface area contributed by atoms with Gasteiger partial charge in [-0.3, -0.25) is 28.8 Å². The van der Waals surface area contributed by atoms with Crippen LogP contribution in [-0.2, 0) is 33.6 Å². The third-order valence-electron chi connectivity index (χ3n) is 4.65. The van der Waals surface area contributed by atoms with Crippen LogP contribution in [0.3, 0.4) is 0 Å². The van der Waals surface area contributed by atoms with E-state index in [2.05, 4.69) is 16.0 Å². The molecule has 4 unspecified atom stereocenters. The van der Waals surface area contributed by atoms with E-state index in [-0.39, 0.29) is 25.2 Å². The topological polar surface area (TPSA) is 268 Å². The number of rotatable bonds is 17. The molecule has 0 fully saturated rings. The number of carbonyl (C=O) groups excluding carboxylic acids is 4. The van der Waals surface area contributed by atoms with E-state index in [0.29, 0.717) is 0 Å². The van der Waals surface area contributed by atoms with Crippen molar-refractivity contribution in [2.75, 3.05) is 0 Å². The number of hydrogen-bond acceptors (Lipinski definition) is 8. The van der Waals surface area contributed by atoms with Crippen LogP contribution in [0, 0.1) is 5.92 Å². The molecule has 0 aliphatic rings. The second-order valence-corrected chi connectivity index (χ2v) is 8.29. The Kier molecular flexibility index (Phi) is 13.6. The number of carbonyl (C=O) groups is 7. The first-order chi connectivity index (χ1) is 16.1. The summed E-state index contributed by atoms with van der Waals surface area (Å²) < 4.78 is 0. The highest BCUT2D eigenvalue weighted by Gasteiger charge is 2.32. The molecule has 0 aromatic heterocycles. The number of hydrogen-bond donors (Lipinski definition) is 8. The summed E-state index contributed by atoms with van der Waals surface area (Å²) in [6, 6.07) is -5.75. The standard InChI is InChI=1S/C20H33N5O10/c1-9(2)7-12(18(32)23-11(20(34)35)4-6-15(27)28)25-19(33)13(8-16(29)30)24-17(31)10(21)3-5-14(22)26/h9-13H,3-8,21H2,1-2H3,(H2,22,26)(H,23,32)(H,24,31)(H,25,33)(H,27,28)(H,29,30)(H,34,35). The van der Waals surface area contributed by atoms with Crippen LogP contribution in [0.1, 0.15) is 52.4 Å². The molecular formula is C20H33N5O10. The highest BCUT2D eigenvalue weighted by atomic mass is 16.4. The molecule has 0 bridgehead atoms. The van der Waals surface area contributed by atoms with Gasteiger partial charge < -0.3 is 42.7 Å². The quantitative estimate of drug-likeness (QED) is 0.103. The van der Waals surface area contributed by atoms with Crippen molar-refractivity contribution in [1.29, 1.82) is 0 Å². The molecule has 15 heteroatoms. The minimum Gasteiger partial charge on any atom is -0.481 e. The zero-order chi connectivity index (χ0) is 27.3. The Labute approximate surface area is 201 Å². The van der Waals surface area contributed by atoms with E-state index in [1.165, 1.54) is 0 Å². The van der Waals surface area contributed by atoms with Crippen LogP contribution < -0.4 is 27.4 Å². The van der Waals surface area contributed by atoms with Crippen LogP contribution in [0.5, 0.6) is 0 Å². The zero-order valence-electron chi connectivity index (χ0n) is 19.5. The average Bonchev–Trinajstić information content (AvgIpc) is 2.72. The summed E-state index contributed by atoms with van der Waals surface area (Å²) in [4.78, 5) is 81.9. The van der Waals surface area contributed by atoms with Gasteiger partial charge in [0.25, 0.3) is 0 Å². The lowest BCUT2D eigenvalue weighted by Gasteiger charge is -2.25. The maximum Gasteiger partial charge on any atom is 0.326 e. The second kappa shape index (κ2) is 15.2. The molecule has 0 spiro atoms. The summed E-state index contributed by atoms with van der Waals surface area (Å²) >= 11 is 0. The van der Waals surface area contributed by atoms with E-state index in [9.17, 15) is 38.7 Å². The van der Waals surface area contributed by atoms with Gasteiger partial charge in [0, 0.05) is 12.8 Å². The van der Waals surface area contributed by atoms with Crippen LogP contribution in [0.25, 0.3) is 0 Å². The van der Waals surface area contributed by atoms with Gasteiger partial charge in [-0.05, 0) is 25.2 Å². The van der Waals surface area contributed by atoms with Crippen molar-refractivity contribution in [1.82, 2.24) is 16.0 Å². The minimum absolute atomic E-state index is 0.0225. The van der Waals surface area contributed by atoms with E-state index in [0.717, 1.165) is 0 Å². The normalized spacial score (nSPS) is 14.2. The van der Waals surface area contributed by atoms with Crippen LogP contribution in [0.15, 0.2) is 0 Å². The molecule has 0 saturated heterocycles. The van der Waals surface area contributed by atoms with Gasteiger partial charge in [0.1, 0.15) is 18.1 Å². The first-order valence-corrected chi connectivity index (χ1v) is 10.7. The number of carboxylic acid groups (broad SMARTS) is 3. The molecule has 0 radical (unpaired) electrons. The maximum absolute atomic E-state index is 12.8. The molecule has 4 amide bonds. The molecular weight excluding hydrogens is 470 g/mol. The van der Waals surface area contributed by atoms with Crippen molar-refractivity contribution in [2.24, 2.45) is 17.4 Å². The summed E-state index contributed by atoms with van der Waals surface area (Å²) in [5.74, 6) is -7.96. The molecule has 0 rings (SSSR count). The fourth-order valence-corrected chi connectivity index (χ4v) is 2.86. The van der Waals surface area contributed by atoms with Crippen molar-refractivity contribution >= 4 is 41.5 Å². The predicted octanol–water partition coefficient (Wildman–Crippen LogP) is -2.50. The minimum atomic E-state index is -1.63. The van der Waals surface area contributed by atoms with Crippen molar-refractivity contribution in [2.45, 2.75) is 76.5 Å². The average molecular weight is 504 g/mol. The van der Waals surface area contributed by atoms with E-state index in [1.54, 1.807) is 13.8 Å². The molecule has 10 N–H and O–H groups in total. The number of carboxylic acids is 3. The fraction of sp³-hybridized carbons (Fsp3) is 0.650. The van der Waals surface area contributed by atoms with Gasteiger partial charge in [-0.15, -0.1) is 0 Å². The Balaban J connectivity index is 5.51. The van der Waals surface area contributed by atoms with E-state index < -0.39 is 85.0 Å². The molecule has 0 aromatic carbocycles. The smallest absolute Gasteiger partial charge is 0.326 e. The van der Waals surface area contributed by atoms with Crippen molar-refractivity contribution in [3.8, 4) is 0 Å². The predicted molar refractivity (Wildman–Crippen MR) is 118 cm³/mol. The maximum atomic E-state index is 12.8. The Morgan fingerprint density at radius 1 is 0.714 bits per heavy atom. The molecule has 0 saturated carbocycles. The van der Waals surface area contributed by atoms with E-state index in [1.807, 2.05) is 0 Å². The Hall–Kier alpha value is -3.75. The summed E-state index contributed by atoms with van der Waals surface area (Å²) in [6.45, 7) is 3.42. The first kappa shape index (κ1) is 31.2. The van der Waals surface area contributed by atoms with Gasteiger partial charge >= 0.3 is 17.9 Å². The van der Waals surface area contributed by atoms with Gasteiger partial charge in [-0.2, -0.15) is 0 Å². The second-order valence-electron chi connectivity index (χ2n) is 8.29. The van der Waals surface area contributed by atoms with E-state index in [4.69, 9.17) is 21.7 Å². The van der Waals surface area contributed by atoms with Gasteiger partial charge in [0.2, 0.25) is 23.6 Å². The SMILES string of the molecule is CC(C)CC(NC(=O)C(CC(=O)O)NC(=O)C(N)CCC(N)=O)C(=O)NC(CCC(=O)O)C(=O)O. The molecule has 198 valence electrons. The van der Waals surface area contributed by atoms with Gasteiger partial charge in [0.05, 0.1) is 12.5 Å². The highest BCUT2D eigenvalue weighted by Crippen LogP contribution is 2.08. The van der Waals surface area contributed by atoms with Crippen LogP contribution in [0.4, 0.5) is 0 Å². The van der Waals surface area contributed by atoms with Gasteiger partial charge in [-0.1, -0.05) is 13.8 Å². The molecule has 15 nitrogen and oxygen atoms in total. The van der Waals surface area contributed by atoms with Crippen molar-refractivity contribution in [3.05, 3.63) is 0 Å². The summed E-state index contributed by atoms with van der Waals surface area (Å²) in [5.41, 5.74) is 10.6. The lowest BCUT2D eigenvalue weighted by atomic mass is 10.0. The molecule has 0 heterocycles. The molecule has 0 aliphatic carbocycles. The first-order valence-electron chi connectivity index (χ1n) is 10.7. The molecule has 4 atom stereocenters. The van der Waals surface area contributed by atoms with Crippen molar-refractivity contribution in [3.63, 3.8) is 0 Å². The third kappa shape index (κ3) is 13.5. The number of nitrogens with one attached hydrogen (secondary N) is 3. The Morgan fingerprint density at radius 3 is 1.69 bits per heavy atom. The summed E-state index contributed by atoms with van der Waals surface area (Å²) in [5, 5.41) is 33.7. The van der Waals surface area contributed by atoms with Crippen molar-refractivity contribution < 1.29 is 48.9 Å². The largest absolute Gasteiger partial charge is 0.481 e. The molecule has 35 heavy (non-hydrogen) atoms. The van der Waals surface area contributed by atoms with E-state index >= 15 is 0 Å². The number of nitrogens with two attached hydrogens (primary N) is 2. The summed E-state index contributed by atoms with van der Waals surface area (Å²) in [6.07, 6.45) is -2.12. The zero-order valence-corrected chi connectivity index (χ0v) is 19.5. The fourth-order valence-electron chi connectivity index (χ4n) is 2.86. The van der Waals surface area contributed by atoms with Crippen LogP contribution in [0.2, 0.25) is 0 Å². The van der Waals surface area contributed by atoms with Gasteiger partial charge in [0.15, 0.2) is 0 Å². The van der Waals surface area contributed by atoms with Crippen LogP contribution in [-0.4, -0.2) is 81.0 Å². The van der Waals surface area contributed by atoms with Crippen LogP contribution >= 0.6 is 0 Å². The Morgan fingerprint density at radius 2 is 1.23 bits per heavy atom. The lowest BCUT2D eigenvalue weighted by molar-refractivity contribution is -0.144. The number of amides is 4. The molecule has 0 aromatic rings. The molecule has 0 aliphatic heterocycles. The summed E-state index contributed by atoms with van der Waals surface area (Å²) in [7, 11) is 0. The van der Waals surface area contributed by atoms with Gasteiger partial charge in [-0.25, -0.2) is 4.79 Å². The highest BCUT2D eigenvalue weighted by molar-refractivity contribution is 5.95. The number of primary amides is 1.